The van der Waals surface area contributed by atoms with Crippen LogP contribution < -0.4 is 10.6 Å². The van der Waals surface area contributed by atoms with Crippen molar-refractivity contribution in [1.82, 2.24) is 15.5 Å². The molecule has 3 aromatic rings. The Labute approximate surface area is 267 Å². The normalized spacial score (nSPS) is 24.9. The van der Waals surface area contributed by atoms with Gasteiger partial charge >= 0.3 is 18.1 Å². The van der Waals surface area contributed by atoms with Gasteiger partial charge in [-0.3, -0.25) is 14.7 Å². The smallest absolute Gasteiger partial charge is 0.418 e. The molecule has 0 aliphatic carbocycles. The molecule has 0 saturated carbocycles. The van der Waals surface area contributed by atoms with Crippen molar-refractivity contribution in [2.75, 3.05) is 18.5 Å². The zero-order chi connectivity index (χ0) is 33.9. The maximum atomic E-state index is 15.6. The van der Waals surface area contributed by atoms with E-state index < -0.39 is 75.6 Å². The Balaban J connectivity index is 1.58. The Morgan fingerprint density at radius 1 is 1.04 bits per heavy atom. The molecule has 8 nitrogen and oxygen atoms in total. The number of aromatic nitrogens is 2. The van der Waals surface area contributed by atoms with Gasteiger partial charge < -0.3 is 20.8 Å². The number of unbranched alkanes of at least 4 members (excludes halogenated alkanes) is 3. The molecular weight excluding hydrogens is 635 g/mol. The monoisotopic (exact) mass is 670 g/mol. The maximum absolute atomic E-state index is 15.6. The van der Waals surface area contributed by atoms with Gasteiger partial charge in [0.25, 0.3) is 0 Å². The van der Waals surface area contributed by atoms with Crippen LogP contribution in [0, 0.1) is 16.6 Å². The molecule has 4 rings (SSSR count). The van der Waals surface area contributed by atoms with E-state index in [1.165, 1.54) is 6.92 Å². The van der Waals surface area contributed by atoms with E-state index in [4.69, 9.17) is 11.6 Å². The van der Waals surface area contributed by atoms with Crippen molar-refractivity contribution >= 4 is 29.4 Å². The maximum Gasteiger partial charge on any atom is 0.418 e. The average Bonchev–Trinajstić information content (AvgIpc) is 3.48. The Kier molecular flexibility index (Phi) is 10.7. The van der Waals surface area contributed by atoms with Crippen molar-refractivity contribution in [3.63, 3.8) is 0 Å². The lowest BCUT2D eigenvalue weighted by Gasteiger charge is -2.56. The Hall–Kier alpha value is -3.71. The van der Waals surface area contributed by atoms with Crippen molar-refractivity contribution in [3.8, 4) is 11.3 Å². The van der Waals surface area contributed by atoms with Gasteiger partial charge in [0, 0.05) is 30.1 Å². The summed E-state index contributed by atoms with van der Waals surface area (Å²) in [6.07, 6.45) is -3.74. The van der Waals surface area contributed by atoms with Gasteiger partial charge in [-0.2, -0.15) is 18.3 Å². The minimum Gasteiger partial charge on any atom is -0.481 e. The second-order valence-electron chi connectivity index (χ2n) is 11.9. The van der Waals surface area contributed by atoms with E-state index in [2.05, 4.69) is 20.8 Å². The highest BCUT2D eigenvalue weighted by atomic mass is 35.5. The first-order chi connectivity index (χ1) is 21.7. The number of H-pyrrole nitrogens is 1. The molecule has 0 amide bonds. The van der Waals surface area contributed by atoms with Crippen LogP contribution >= 0.6 is 11.6 Å². The highest BCUT2D eigenvalue weighted by Gasteiger charge is 2.67. The number of benzene rings is 2. The largest absolute Gasteiger partial charge is 0.481 e. The number of carbonyl (C=O) groups is 2. The van der Waals surface area contributed by atoms with Gasteiger partial charge in [0.1, 0.15) is 18.3 Å². The zero-order valence-corrected chi connectivity index (χ0v) is 26.0. The lowest BCUT2D eigenvalue weighted by molar-refractivity contribution is -0.174. The van der Waals surface area contributed by atoms with Crippen molar-refractivity contribution in [1.29, 1.82) is 0 Å². The first kappa shape index (κ1) is 35.1. The Bertz CT molecular complexity index is 1540. The molecular formula is C32H36ClF5N4O4. The highest BCUT2D eigenvalue weighted by Crippen LogP contribution is 2.60. The first-order valence-corrected chi connectivity index (χ1v) is 15.3. The van der Waals surface area contributed by atoms with Crippen molar-refractivity contribution < 1.29 is 41.8 Å². The minimum absolute atomic E-state index is 0.162. The predicted octanol–water partition coefficient (Wildman–Crippen LogP) is 7.53. The average molecular weight is 671 g/mol. The van der Waals surface area contributed by atoms with E-state index in [1.54, 1.807) is 0 Å². The van der Waals surface area contributed by atoms with Crippen molar-refractivity contribution in [3.05, 3.63) is 70.5 Å². The van der Waals surface area contributed by atoms with Crippen LogP contribution in [-0.4, -0.2) is 57.7 Å². The number of carboxylic acids is 2. The quantitative estimate of drug-likeness (QED) is 0.0940. The fraction of sp³-hybridized carbons (Fsp3) is 0.469. The third-order valence-corrected chi connectivity index (χ3v) is 9.59. The highest BCUT2D eigenvalue weighted by molar-refractivity contribution is 6.31. The molecule has 1 saturated heterocycles. The van der Waals surface area contributed by atoms with E-state index in [9.17, 15) is 37.4 Å². The topological polar surface area (TPSA) is 127 Å². The summed E-state index contributed by atoms with van der Waals surface area (Å²) < 4.78 is 73.2. The molecule has 5 atom stereocenters. The predicted molar refractivity (Wildman–Crippen MR) is 163 cm³/mol. The van der Waals surface area contributed by atoms with Crippen LogP contribution in [-0.2, 0) is 15.8 Å². The van der Waals surface area contributed by atoms with Crippen LogP contribution in [0.1, 0.15) is 63.0 Å². The number of carboxylic acid groups (broad SMARTS) is 2. The molecule has 5 unspecified atom stereocenters. The molecule has 2 heterocycles. The van der Waals surface area contributed by atoms with Crippen LogP contribution in [0.25, 0.3) is 11.3 Å². The van der Waals surface area contributed by atoms with E-state index >= 15 is 4.39 Å². The van der Waals surface area contributed by atoms with Gasteiger partial charge in [-0.1, -0.05) is 61.2 Å². The summed E-state index contributed by atoms with van der Waals surface area (Å²) in [6.45, 7) is 1.49. The fourth-order valence-electron chi connectivity index (χ4n) is 6.85. The van der Waals surface area contributed by atoms with Gasteiger partial charge in [-0.25, -0.2) is 8.78 Å². The number of nitrogens with one attached hydrogen (secondary N) is 3. The summed E-state index contributed by atoms with van der Waals surface area (Å²) in [7, 11) is 0. The Morgan fingerprint density at radius 3 is 2.33 bits per heavy atom. The number of hydrogen-bond donors (Lipinski definition) is 5. The van der Waals surface area contributed by atoms with E-state index in [0.717, 1.165) is 18.2 Å². The standard InChI is InChI=1S/C32H36ClF5N4O4/c1-18-31(29(45)46,14-8-3-4-9-15-39-24-16-22(41-42-24)19-10-6-5-7-11-19)27(30(2,28(43)44)23(17-34)40-18)25-21(35)13-12-20(33)26(25)32(36,37)38/h5-7,10-13,16,18,23,27,40H,3-4,8-9,14-15,17H2,1-2H3,(H,43,44)(H,45,46)(H2,39,41,42). The summed E-state index contributed by atoms with van der Waals surface area (Å²) in [4.78, 5) is 26.0. The van der Waals surface area contributed by atoms with E-state index in [1.807, 2.05) is 36.4 Å². The second kappa shape index (κ2) is 14.0. The molecule has 0 bridgehead atoms. The van der Waals surface area contributed by atoms with Gasteiger partial charge in [-0.05, 0) is 44.4 Å². The number of piperidine rings is 1. The molecule has 0 radical (unpaired) electrons. The van der Waals surface area contributed by atoms with E-state index in [0.29, 0.717) is 43.8 Å². The molecule has 0 spiro atoms. The van der Waals surface area contributed by atoms with Gasteiger partial charge in [0.05, 0.1) is 33.2 Å². The lowest BCUT2D eigenvalue weighted by atomic mass is 9.50. The minimum atomic E-state index is -5.26. The summed E-state index contributed by atoms with van der Waals surface area (Å²) in [5, 5.41) is 33.2. The third kappa shape index (κ3) is 6.57. The number of hydrogen-bond acceptors (Lipinski definition) is 5. The molecule has 1 aliphatic heterocycles. The molecule has 1 fully saturated rings. The molecule has 2 aromatic carbocycles. The SMILES string of the molecule is CC1NC(CF)C(C)(C(=O)O)C(c2c(F)ccc(Cl)c2C(F)(F)F)C1(CCCCCCNc1cc(-c2ccccc2)[nH]n1)C(=O)O. The molecule has 1 aliphatic rings. The van der Waals surface area contributed by atoms with Crippen LogP contribution in [0.2, 0.25) is 5.02 Å². The number of rotatable bonds is 13. The number of halogens is 6. The zero-order valence-electron chi connectivity index (χ0n) is 25.2. The number of nitrogens with zero attached hydrogens (tertiary/aromatic N) is 1. The van der Waals surface area contributed by atoms with Gasteiger partial charge in [-0.15, -0.1) is 0 Å². The Morgan fingerprint density at radius 2 is 1.72 bits per heavy atom. The van der Waals surface area contributed by atoms with Crippen LogP contribution in [0.15, 0.2) is 48.5 Å². The van der Waals surface area contributed by atoms with Crippen LogP contribution in [0.5, 0.6) is 0 Å². The molecule has 14 heteroatoms. The number of aliphatic carboxylic acids is 2. The van der Waals surface area contributed by atoms with Crippen LogP contribution in [0.3, 0.4) is 0 Å². The summed E-state index contributed by atoms with van der Waals surface area (Å²) in [5.74, 6) is -6.36. The fourth-order valence-corrected chi connectivity index (χ4v) is 7.12. The molecule has 1 aromatic heterocycles. The molecule has 46 heavy (non-hydrogen) atoms. The summed E-state index contributed by atoms with van der Waals surface area (Å²) in [5.41, 5.74) is -5.82. The second-order valence-corrected chi connectivity index (χ2v) is 12.3. The summed E-state index contributed by atoms with van der Waals surface area (Å²) in [6, 6.07) is 9.94. The van der Waals surface area contributed by atoms with Crippen molar-refractivity contribution in [2.45, 2.75) is 70.1 Å². The van der Waals surface area contributed by atoms with Crippen LogP contribution in [0.4, 0.5) is 27.8 Å². The third-order valence-electron chi connectivity index (χ3n) is 9.28. The number of alkyl halides is 4. The van der Waals surface area contributed by atoms with Gasteiger partial charge in [0.2, 0.25) is 0 Å². The lowest BCUT2D eigenvalue weighted by Crippen LogP contribution is -2.70. The summed E-state index contributed by atoms with van der Waals surface area (Å²) >= 11 is 5.93. The number of anilines is 1. The first-order valence-electron chi connectivity index (χ1n) is 14.9. The van der Waals surface area contributed by atoms with Gasteiger partial charge in [0.15, 0.2) is 0 Å². The number of aromatic amines is 1. The van der Waals surface area contributed by atoms with Crippen molar-refractivity contribution in [2.24, 2.45) is 10.8 Å². The molecule has 5 N–H and O–H groups in total. The molecule has 250 valence electrons. The van der Waals surface area contributed by atoms with E-state index in [-0.39, 0.29) is 12.8 Å².